The molecule has 136 valence electrons. The molecule has 0 atom stereocenters. The molecule has 0 bridgehead atoms. The van der Waals surface area contributed by atoms with Crippen molar-refractivity contribution < 1.29 is 14.3 Å². The lowest BCUT2D eigenvalue weighted by Crippen LogP contribution is -2.23. The van der Waals surface area contributed by atoms with Gasteiger partial charge in [-0.25, -0.2) is 4.79 Å². The predicted molar refractivity (Wildman–Crippen MR) is 92.2 cm³/mol. The molecule has 1 fully saturated rings. The highest BCUT2D eigenvalue weighted by atomic mass is 16.6. The van der Waals surface area contributed by atoms with Gasteiger partial charge in [0, 0.05) is 36.9 Å². The lowest BCUT2D eigenvalue weighted by molar-refractivity contribution is -0.403. The van der Waals surface area contributed by atoms with E-state index in [1.165, 1.54) is 35.2 Å². The first kappa shape index (κ1) is 17.6. The summed E-state index contributed by atoms with van der Waals surface area (Å²) in [5.41, 5.74) is -1.07. The molecule has 0 radical (unpaired) electrons. The van der Waals surface area contributed by atoms with Gasteiger partial charge in [-0.3, -0.25) is 20.2 Å². The van der Waals surface area contributed by atoms with Crippen LogP contribution < -0.4 is 15.8 Å². The second kappa shape index (κ2) is 6.96. The Kier molecular flexibility index (Phi) is 4.54. The standard InChI is InChI=1S/C16H11N5O6/c17-8-12-13(19-5-4-18-15(19)9-20(23)24)7-14(27-16(12)22)10-2-1-3-11(6-10)21(25)26/h1-3,6-7,9,18H,4-5H2/b15-9+. The molecule has 1 aliphatic rings. The lowest BCUT2D eigenvalue weighted by atomic mass is 10.1. The minimum atomic E-state index is -0.941. The van der Waals surface area contributed by atoms with Gasteiger partial charge < -0.3 is 14.6 Å². The summed E-state index contributed by atoms with van der Waals surface area (Å²) >= 11 is 0. The van der Waals surface area contributed by atoms with E-state index in [1.807, 2.05) is 0 Å². The zero-order valence-electron chi connectivity index (χ0n) is 13.6. The number of nitrogens with one attached hydrogen (secondary N) is 1. The Bertz CT molecular complexity index is 1070. The van der Waals surface area contributed by atoms with Crippen molar-refractivity contribution in [2.24, 2.45) is 0 Å². The number of hydrogen-bond donors (Lipinski definition) is 1. The molecule has 1 N–H and O–H groups in total. The van der Waals surface area contributed by atoms with E-state index < -0.39 is 15.5 Å². The van der Waals surface area contributed by atoms with Crippen LogP contribution in [0.4, 0.5) is 11.4 Å². The molecule has 1 saturated heterocycles. The quantitative estimate of drug-likeness (QED) is 0.624. The molecule has 1 aromatic heterocycles. The molecular weight excluding hydrogens is 358 g/mol. The van der Waals surface area contributed by atoms with Crippen molar-refractivity contribution in [1.29, 1.82) is 5.26 Å². The summed E-state index contributed by atoms with van der Waals surface area (Å²) in [7, 11) is 0. The average molecular weight is 369 g/mol. The Hall–Kier alpha value is -4.20. The molecule has 0 aliphatic carbocycles. The maximum Gasteiger partial charge on any atom is 0.356 e. The molecule has 2 heterocycles. The Balaban J connectivity index is 2.17. The molecule has 11 nitrogen and oxygen atoms in total. The van der Waals surface area contributed by atoms with Crippen molar-refractivity contribution in [1.82, 2.24) is 5.32 Å². The van der Waals surface area contributed by atoms with Crippen LogP contribution in [0.3, 0.4) is 0 Å². The third-order valence-corrected chi connectivity index (χ3v) is 3.83. The third-order valence-electron chi connectivity index (χ3n) is 3.83. The molecule has 0 unspecified atom stereocenters. The van der Waals surface area contributed by atoms with Crippen molar-refractivity contribution in [3.05, 3.63) is 78.6 Å². The van der Waals surface area contributed by atoms with Gasteiger partial charge in [0.15, 0.2) is 11.4 Å². The number of nitro benzene ring substituents is 1. The smallest absolute Gasteiger partial charge is 0.356 e. The second-order valence-electron chi connectivity index (χ2n) is 5.46. The van der Waals surface area contributed by atoms with Crippen molar-refractivity contribution >= 4 is 11.4 Å². The summed E-state index contributed by atoms with van der Waals surface area (Å²) in [4.78, 5) is 34.2. The maximum atomic E-state index is 12.2. The van der Waals surface area contributed by atoms with Crippen LogP contribution in [0.25, 0.3) is 11.3 Å². The SMILES string of the molecule is N#Cc1c(N2CCN/C2=C\[N+](=O)[O-])cc(-c2cccc([N+](=O)[O-])c2)oc1=O. The summed E-state index contributed by atoms with van der Waals surface area (Å²) in [6, 6.07) is 8.56. The van der Waals surface area contributed by atoms with Gasteiger partial charge in [-0.15, -0.1) is 0 Å². The molecule has 27 heavy (non-hydrogen) atoms. The highest BCUT2D eigenvalue weighted by molar-refractivity contribution is 5.70. The predicted octanol–water partition coefficient (Wildman–Crippen LogP) is 1.57. The minimum Gasteiger partial charge on any atom is -0.422 e. The number of non-ortho nitro benzene ring substituents is 1. The summed E-state index contributed by atoms with van der Waals surface area (Å²) in [5, 5.41) is 33.9. The number of anilines is 1. The fraction of sp³-hybridized carbons (Fsp3) is 0.125. The number of hydrogen-bond acceptors (Lipinski definition) is 9. The van der Waals surface area contributed by atoms with E-state index in [0.717, 1.165) is 6.20 Å². The lowest BCUT2D eigenvalue weighted by Gasteiger charge is -2.18. The summed E-state index contributed by atoms with van der Waals surface area (Å²) in [6.07, 6.45) is 0.732. The van der Waals surface area contributed by atoms with Gasteiger partial charge in [0.1, 0.15) is 11.8 Å². The molecule has 1 aliphatic heterocycles. The monoisotopic (exact) mass is 369 g/mol. The second-order valence-corrected chi connectivity index (χ2v) is 5.46. The van der Waals surface area contributed by atoms with Gasteiger partial charge in [-0.1, -0.05) is 12.1 Å². The molecule has 3 rings (SSSR count). The van der Waals surface area contributed by atoms with Crippen LogP contribution in [-0.4, -0.2) is 22.9 Å². The normalized spacial score (nSPS) is 14.6. The molecule has 2 aromatic rings. The molecule has 0 amide bonds. The molecule has 0 spiro atoms. The number of nitro groups is 2. The molecular formula is C16H11N5O6. The van der Waals surface area contributed by atoms with Gasteiger partial charge >= 0.3 is 5.63 Å². The Morgan fingerprint density at radius 3 is 2.74 bits per heavy atom. The number of benzene rings is 1. The number of nitriles is 1. The zero-order chi connectivity index (χ0) is 19.6. The van der Waals surface area contributed by atoms with E-state index in [9.17, 15) is 30.3 Å². The first-order valence-electron chi connectivity index (χ1n) is 7.60. The van der Waals surface area contributed by atoms with Gasteiger partial charge in [0.05, 0.1) is 15.5 Å². The van der Waals surface area contributed by atoms with E-state index in [0.29, 0.717) is 6.54 Å². The topological polar surface area (TPSA) is 156 Å². The first-order chi connectivity index (χ1) is 12.9. The minimum absolute atomic E-state index is 0.00468. The highest BCUT2D eigenvalue weighted by Crippen LogP contribution is 2.30. The molecule has 1 aromatic carbocycles. The van der Waals surface area contributed by atoms with Crippen LogP contribution in [0.5, 0.6) is 0 Å². The van der Waals surface area contributed by atoms with Crippen LogP contribution >= 0.6 is 0 Å². The molecule has 11 heteroatoms. The van der Waals surface area contributed by atoms with Crippen LogP contribution in [0.15, 0.2) is 51.6 Å². The van der Waals surface area contributed by atoms with E-state index >= 15 is 0 Å². The average Bonchev–Trinajstić information content (AvgIpc) is 3.08. The number of rotatable bonds is 4. The fourth-order valence-corrected chi connectivity index (χ4v) is 2.69. The maximum absolute atomic E-state index is 12.2. The van der Waals surface area contributed by atoms with Crippen LogP contribution in [0.1, 0.15) is 5.56 Å². The van der Waals surface area contributed by atoms with E-state index in [4.69, 9.17) is 4.42 Å². The zero-order valence-corrected chi connectivity index (χ0v) is 13.6. The largest absolute Gasteiger partial charge is 0.422 e. The Morgan fingerprint density at radius 1 is 1.30 bits per heavy atom. The van der Waals surface area contributed by atoms with Crippen molar-refractivity contribution in [3.63, 3.8) is 0 Å². The molecule has 0 saturated carbocycles. The van der Waals surface area contributed by atoms with E-state index in [2.05, 4.69) is 5.32 Å². The highest BCUT2D eigenvalue weighted by Gasteiger charge is 2.26. The van der Waals surface area contributed by atoms with Gasteiger partial charge in [0.25, 0.3) is 11.9 Å². The van der Waals surface area contributed by atoms with Gasteiger partial charge in [-0.2, -0.15) is 5.26 Å². The Morgan fingerprint density at radius 2 is 2.07 bits per heavy atom. The van der Waals surface area contributed by atoms with Crippen LogP contribution in [0.2, 0.25) is 0 Å². The van der Waals surface area contributed by atoms with Crippen molar-refractivity contribution in [3.8, 4) is 17.4 Å². The van der Waals surface area contributed by atoms with Crippen molar-refractivity contribution in [2.45, 2.75) is 0 Å². The summed E-state index contributed by atoms with van der Waals surface area (Å²) in [6.45, 7) is 0.656. The van der Waals surface area contributed by atoms with E-state index in [1.54, 1.807) is 6.07 Å². The third kappa shape index (κ3) is 3.45. The van der Waals surface area contributed by atoms with Crippen molar-refractivity contribution in [2.75, 3.05) is 18.0 Å². The number of nitrogens with zero attached hydrogens (tertiary/aromatic N) is 4. The first-order valence-corrected chi connectivity index (χ1v) is 7.60. The van der Waals surface area contributed by atoms with Crippen LogP contribution in [-0.2, 0) is 0 Å². The van der Waals surface area contributed by atoms with Gasteiger partial charge in [0.2, 0.25) is 0 Å². The summed E-state index contributed by atoms with van der Waals surface area (Å²) in [5.74, 6) is 0.122. The van der Waals surface area contributed by atoms with Gasteiger partial charge in [-0.05, 0) is 0 Å². The van der Waals surface area contributed by atoms with Crippen LogP contribution in [0, 0.1) is 31.6 Å². The Labute approximate surface area is 151 Å². The van der Waals surface area contributed by atoms with E-state index in [-0.39, 0.29) is 40.6 Å². The summed E-state index contributed by atoms with van der Waals surface area (Å²) < 4.78 is 5.14. The fourth-order valence-electron chi connectivity index (χ4n) is 2.69.